The summed E-state index contributed by atoms with van der Waals surface area (Å²) in [4.78, 5) is 6.49. The molecule has 18 heavy (non-hydrogen) atoms. The van der Waals surface area contributed by atoms with Crippen molar-refractivity contribution in [1.82, 2.24) is 4.98 Å². The summed E-state index contributed by atoms with van der Waals surface area (Å²) in [5.74, 6) is 0.911. The molecule has 2 rings (SSSR count). The Kier molecular flexibility index (Phi) is 3.80. The third-order valence-corrected chi connectivity index (χ3v) is 3.39. The normalized spacial score (nSPS) is 18.4. The van der Waals surface area contributed by atoms with Crippen LogP contribution in [-0.2, 0) is 4.74 Å². The average Bonchev–Trinajstić information content (AvgIpc) is 2.40. The van der Waals surface area contributed by atoms with Gasteiger partial charge in [0.15, 0.2) is 0 Å². The summed E-state index contributed by atoms with van der Waals surface area (Å²) >= 11 is 0. The first-order valence-corrected chi connectivity index (χ1v) is 6.06. The highest BCUT2D eigenvalue weighted by Crippen LogP contribution is 2.23. The number of hydrogen-bond acceptors (Lipinski definition) is 5. The van der Waals surface area contributed by atoms with Crippen LogP contribution in [0.4, 0.5) is 5.82 Å². The monoisotopic (exact) mass is 246 g/mol. The van der Waals surface area contributed by atoms with Crippen molar-refractivity contribution in [3.63, 3.8) is 0 Å². The van der Waals surface area contributed by atoms with Gasteiger partial charge in [0.25, 0.3) is 0 Å². The molecule has 96 valence electrons. The summed E-state index contributed by atoms with van der Waals surface area (Å²) in [7, 11) is 1.68. The van der Waals surface area contributed by atoms with E-state index < -0.39 is 0 Å². The number of methoxy groups -OCH3 is 1. The largest absolute Gasteiger partial charge is 0.383 e. The van der Waals surface area contributed by atoms with E-state index in [1.165, 1.54) is 0 Å². The van der Waals surface area contributed by atoms with Crippen LogP contribution in [0.15, 0.2) is 18.3 Å². The zero-order valence-electron chi connectivity index (χ0n) is 10.6. The number of pyridine rings is 1. The fourth-order valence-electron chi connectivity index (χ4n) is 2.25. The quantitative estimate of drug-likeness (QED) is 0.857. The lowest BCUT2D eigenvalue weighted by Crippen LogP contribution is -2.53. The van der Waals surface area contributed by atoms with E-state index in [9.17, 15) is 0 Å². The molecule has 1 fully saturated rings. The fourth-order valence-corrected chi connectivity index (χ4v) is 2.25. The molecule has 2 heterocycles. The lowest BCUT2D eigenvalue weighted by molar-refractivity contribution is 0.116. The highest BCUT2D eigenvalue weighted by Gasteiger charge is 2.30. The molecule has 0 bridgehead atoms. The number of nitrogens with two attached hydrogens (primary N) is 1. The Balaban J connectivity index is 1.99. The molecule has 5 nitrogen and oxygen atoms in total. The number of anilines is 1. The number of rotatable bonds is 3. The Morgan fingerprint density at radius 1 is 1.50 bits per heavy atom. The second-order valence-electron chi connectivity index (χ2n) is 4.80. The van der Waals surface area contributed by atoms with Gasteiger partial charge in [0, 0.05) is 31.9 Å². The smallest absolute Gasteiger partial charge is 0.128 e. The van der Waals surface area contributed by atoms with Gasteiger partial charge in [-0.25, -0.2) is 4.98 Å². The van der Waals surface area contributed by atoms with Crippen LogP contribution >= 0.6 is 0 Å². The molecule has 0 spiro atoms. The number of ether oxygens (including phenoxy) is 1. The van der Waals surface area contributed by atoms with Gasteiger partial charge in [-0.15, -0.1) is 0 Å². The first-order chi connectivity index (χ1) is 8.67. The number of piperidine rings is 1. The van der Waals surface area contributed by atoms with Gasteiger partial charge >= 0.3 is 0 Å². The molecule has 0 aromatic carbocycles. The van der Waals surface area contributed by atoms with Crippen LogP contribution in [0.25, 0.3) is 0 Å². The van der Waals surface area contributed by atoms with E-state index in [1.807, 2.05) is 6.07 Å². The van der Waals surface area contributed by atoms with Crippen molar-refractivity contribution in [2.45, 2.75) is 18.4 Å². The van der Waals surface area contributed by atoms with E-state index in [2.05, 4.69) is 16.0 Å². The zero-order chi connectivity index (χ0) is 13.0. The third-order valence-electron chi connectivity index (χ3n) is 3.39. The molecule has 2 N–H and O–H groups in total. The van der Waals surface area contributed by atoms with Gasteiger partial charge in [-0.2, -0.15) is 5.26 Å². The van der Waals surface area contributed by atoms with Gasteiger partial charge in [0.2, 0.25) is 0 Å². The zero-order valence-corrected chi connectivity index (χ0v) is 10.6. The van der Waals surface area contributed by atoms with E-state index in [4.69, 9.17) is 15.7 Å². The molecule has 1 aliphatic heterocycles. The summed E-state index contributed by atoms with van der Waals surface area (Å²) < 4.78 is 5.16. The van der Waals surface area contributed by atoms with E-state index in [-0.39, 0.29) is 5.54 Å². The van der Waals surface area contributed by atoms with Crippen LogP contribution in [0.3, 0.4) is 0 Å². The van der Waals surface area contributed by atoms with Crippen molar-refractivity contribution in [2.75, 3.05) is 31.7 Å². The molecule has 1 aromatic rings. The third kappa shape index (κ3) is 2.78. The molecule has 0 unspecified atom stereocenters. The molecule has 0 amide bonds. The number of nitriles is 1. The molecule has 0 aliphatic carbocycles. The van der Waals surface area contributed by atoms with Crippen LogP contribution in [0.5, 0.6) is 0 Å². The number of aromatic nitrogens is 1. The molecular formula is C13H18N4O. The summed E-state index contributed by atoms with van der Waals surface area (Å²) in [5, 5.41) is 8.73. The van der Waals surface area contributed by atoms with Crippen molar-refractivity contribution >= 4 is 5.82 Å². The maximum atomic E-state index is 8.73. The second-order valence-corrected chi connectivity index (χ2v) is 4.80. The summed E-state index contributed by atoms with van der Waals surface area (Å²) in [6.07, 6.45) is 3.39. The lowest BCUT2D eigenvalue weighted by atomic mass is 9.89. The van der Waals surface area contributed by atoms with Crippen molar-refractivity contribution in [1.29, 1.82) is 5.26 Å². The Bertz CT molecular complexity index is 429. The minimum Gasteiger partial charge on any atom is -0.383 e. The molecule has 0 atom stereocenters. The lowest BCUT2D eigenvalue weighted by Gasteiger charge is -2.39. The van der Waals surface area contributed by atoms with E-state index in [1.54, 1.807) is 19.4 Å². The summed E-state index contributed by atoms with van der Waals surface area (Å²) in [5.41, 5.74) is 6.62. The summed E-state index contributed by atoms with van der Waals surface area (Å²) in [6, 6.07) is 5.75. The van der Waals surface area contributed by atoms with E-state index in [0.717, 1.165) is 31.7 Å². The van der Waals surface area contributed by atoms with Crippen molar-refractivity contribution in [3.8, 4) is 6.07 Å². The van der Waals surface area contributed by atoms with Gasteiger partial charge in [0.05, 0.1) is 12.2 Å². The predicted octanol–water partition coefficient (Wildman–Crippen LogP) is 0.897. The van der Waals surface area contributed by atoms with Crippen molar-refractivity contribution in [2.24, 2.45) is 5.73 Å². The molecule has 1 aliphatic rings. The standard InChI is InChI=1S/C13H18N4O/c1-18-10-13(15)4-6-17(7-5-13)12-3-2-11(8-14)9-16-12/h2-3,9H,4-7,10,15H2,1H3. The first kappa shape index (κ1) is 12.8. The Hall–Kier alpha value is -1.64. The summed E-state index contributed by atoms with van der Waals surface area (Å²) in [6.45, 7) is 2.35. The fraction of sp³-hybridized carbons (Fsp3) is 0.538. The highest BCUT2D eigenvalue weighted by atomic mass is 16.5. The van der Waals surface area contributed by atoms with Crippen molar-refractivity contribution < 1.29 is 4.74 Å². The topological polar surface area (TPSA) is 75.2 Å². The molecule has 0 saturated carbocycles. The SMILES string of the molecule is COCC1(N)CCN(c2ccc(C#N)cn2)CC1. The van der Waals surface area contributed by atoms with Crippen LogP contribution in [0.2, 0.25) is 0 Å². The minimum atomic E-state index is -0.210. The molecular weight excluding hydrogens is 228 g/mol. The van der Waals surface area contributed by atoms with Gasteiger partial charge in [-0.05, 0) is 25.0 Å². The van der Waals surface area contributed by atoms with E-state index in [0.29, 0.717) is 12.2 Å². The van der Waals surface area contributed by atoms with Crippen LogP contribution in [0.1, 0.15) is 18.4 Å². The van der Waals surface area contributed by atoms with Crippen LogP contribution in [0, 0.1) is 11.3 Å². The van der Waals surface area contributed by atoms with Gasteiger partial charge in [-0.1, -0.05) is 0 Å². The Morgan fingerprint density at radius 2 is 2.22 bits per heavy atom. The van der Waals surface area contributed by atoms with Gasteiger partial charge in [-0.3, -0.25) is 0 Å². The van der Waals surface area contributed by atoms with Gasteiger partial charge < -0.3 is 15.4 Å². The van der Waals surface area contributed by atoms with Crippen molar-refractivity contribution in [3.05, 3.63) is 23.9 Å². The maximum absolute atomic E-state index is 8.73. The first-order valence-electron chi connectivity index (χ1n) is 6.06. The second kappa shape index (κ2) is 5.34. The highest BCUT2D eigenvalue weighted by molar-refractivity contribution is 5.42. The Labute approximate surface area is 107 Å². The minimum absolute atomic E-state index is 0.210. The molecule has 0 radical (unpaired) electrons. The van der Waals surface area contributed by atoms with Crippen LogP contribution < -0.4 is 10.6 Å². The average molecular weight is 246 g/mol. The predicted molar refractivity (Wildman–Crippen MR) is 69.2 cm³/mol. The van der Waals surface area contributed by atoms with Gasteiger partial charge in [0.1, 0.15) is 11.9 Å². The maximum Gasteiger partial charge on any atom is 0.128 e. The molecule has 1 aromatic heterocycles. The molecule has 5 heteroatoms. The van der Waals surface area contributed by atoms with E-state index >= 15 is 0 Å². The number of nitrogens with zero attached hydrogens (tertiary/aromatic N) is 3. The Morgan fingerprint density at radius 3 is 2.72 bits per heavy atom. The van der Waals surface area contributed by atoms with Crippen LogP contribution in [-0.4, -0.2) is 37.3 Å². The number of hydrogen-bond donors (Lipinski definition) is 1. The molecule has 1 saturated heterocycles.